The van der Waals surface area contributed by atoms with E-state index in [2.05, 4.69) is 47.1 Å². The second-order valence-electron chi connectivity index (χ2n) is 3.65. The Kier molecular flexibility index (Phi) is 5.54. The number of aromatic nitrogens is 2. The Morgan fingerprint density at radius 3 is 2.60 bits per heavy atom. The van der Waals surface area contributed by atoms with Gasteiger partial charge in [0.05, 0.1) is 17.3 Å². The Bertz CT molecular complexity index is 642. The summed E-state index contributed by atoms with van der Waals surface area (Å²) in [6, 6.07) is 5.44. The molecule has 8 heteroatoms. The van der Waals surface area contributed by atoms with Crippen LogP contribution in [0.4, 0.5) is 11.5 Å². The number of hydrogen-bond donors (Lipinski definition) is 1. The van der Waals surface area contributed by atoms with Gasteiger partial charge in [-0.3, -0.25) is 0 Å². The molecule has 2 aromatic rings. The number of hydrogen-bond acceptors (Lipinski definition) is 5. The molecule has 1 N–H and O–H groups in total. The highest BCUT2D eigenvalue weighted by atomic mass is 79.9. The molecule has 0 amide bonds. The smallest absolute Gasteiger partial charge is 0.190 e. The minimum absolute atomic E-state index is 0.395. The zero-order valence-electron chi connectivity index (χ0n) is 10.6. The van der Waals surface area contributed by atoms with E-state index in [1.54, 1.807) is 13.2 Å². The van der Waals surface area contributed by atoms with E-state index in [-0.39, 0.29) is 0 Å². The summed E-state index contributed by atoms with van der Waals surface area (Å²) in [6.07, 6.45) is 1.90. The Morgan fingerprint density at radius 2 is 1.95 bits per heavy atom. The van der Waals surface area contributed by atoms with Gasteiger partial charge in [0.25, 0.3) is 0 Å². The largest absolute Gasteiger partial charge is 0.495 e. The second kappa shape index (κ2) is 6.98. The molecule has 0 aliphatic carbocycles. The molecule has 2 rings (SSSR count). The van der Waals surface area contributed by atoms with Crippen molar-refractivity contribution in [1.82, 2.24) is 9.97 Å². The van der Waals surface area contributed by atoms with Crippen LogP contribution in [0.25, 0.3) is 0 Å². The van der Waals surface area contributed by atoms with Gasteiger partial charge in [0, 0.05) is 16.6 Å². The van der Waals surface area contributed by atoms with Crippen LogP contribution in [0.2, 0.25) is 5.15 Å². The van der Waals surface area contributed by atoms with Gasteiger partial charge in [-0.25, -0.2) is 9.97 Å². The standard InChI is InChI=1S/C12H10Br2ClN3OS/c1-19-9-4-8(6(13)3-7(9)14)16-11-5-10(15)17-12(18-11)20-2/h3-5H,1-2H3,(H,16,17,18). The van der Waals surface area contributed by atoms with E-state index in [9.17, 15) is 0 Å². The first kappa shape index (κ1) is 15.9. The van der Waals surface area contributed by atoms with Crippen LogP contribution in [-0.4, -0.2) is 23.3 Å². The predicted molar refractivity (Wildman–Crippen MR) is 90.5 cm³/mol. The van der Waals surface area contributed by atoms with Crippen molar-refractivity contribution in [2.75, 3.05) is 18.7 Å². The molecule has 0 spiro atoms. The molecule has 0 saturated heterocycles. The van der Waals surface area contributed by atoms with Crippen molar-refractivity contribution in [3.63, 3.8) is 0 Å². The number of thioether (sulfide) groups is 1. The summed E-state index contributed by atoms with van der Waals surface area (Å²) in [5.74, 6) is 1.35. The molecule has 1 aromatic heterocycles. The number of halogens is 3. The third-order valence-corrected chi connectivity index (χ3v) is 4.38. The van der Waals surface area contributed by atoms with Crippen molar-refractivity contribution >= 4 is 66.7 Å². The third kappa shape index (κ3) is 3.78. The maximum absolute atomic E-state index is 5.97. The minimum Gasteiger partial charge on any atom is -0.495 e. The summed E-state index contributed by atoms with van der Waals surface area (Å²) in [5, 5.41) is 4.20. The van der Waals surface area contributed by atoms with Crippen LogP contribution in [0.3, 0.4) is 0 Å². The van der Waals surface area contributed by atoms with Crippen LogP contribution in [-0.2, 0) is 0 Å². The van der Waals surface area contributed by atoms with Crippen LogP contribution < -0.4 is 10.1 Å². The molecule has 1 heterocycles. The molecule has 0 atom stereocenters. The quantitative estimate of drug-likeness (QED) is 0.407. The van der Waals surface area contributed by atoms with Gasteiger partial charge in [-0.15, -0.1) is 0 Å². The zero-order chi connectivity index (χ0) is 14.7. The SMILES string of the molecule is COc1cc(Nc2cc(Cl)nc(SC)n2)c(Br)cc1Br. The lowest BCUT2D eigenvalue weighted by Crippen LogP contribution is -1.98. The molecule has 0 aliphatic heterocycles. The summed E-state index contributed by atoms with van der Waals surface area (Å²) in [6.45, 7) is 0. The number of anilines is 2. The fraction of sp³-hybridized carbons (Fsp3) is 0.167. The minimum atomic E-state index is 0.395. The van der Waals surface area contributed by atoms with E-state index < -0.39 is 0 Å². The summed E-state index contributed by atoms with van der Waals surface area (Å²) in [4.78, 5) is 8.45. The summed E-state index contributed by atoms with van der Waals surface area (Å²) in [7, 11) is 1.62. The monoisotopic (exact) mass is 437 g/mol. The van der Waals surface area contributed by atoms with Crippen LogP contribution in [0.1, 0.15) is 0 Å². The van der Waals surface area contributed by atoms with Crippen molar-refractivity contribution in [3.05, 3.63) is 32.3 Å². The van der Waals surface area contributed by atoms with Gasteiger partial charge < -0.3 is 10.1 Å². The van der Waals surface area contributed by atoms with Crippen LogP contribution in [0.15, 0.2) is 32.3 Å². The second-order valence-corrected chi connectivity index (χ2v) is 6.52. The molecule has 20 heavy (non-hydrogen) atoms. The fourth-order valence-corrected chi connectivity index (χ4v) is 3.34. The van der Waals surface area contributed by atoms with Crippen molar-refractivity contribution in [1.29, 1.82) is 0 Å². The highest BCUT2D eigenvalue weighted by Gasteiger charge is 2.09. The van der Waals surface area contributed by atoms with Gasteiger partial charge in [-0.2, -0.15) is 0 Å². The molecule has 0 bridgehead atoms. The van der Waals surface area contributed by atoms with Crippen molar-refractivity contribution in [3.8, 4) is 5.75 Å². The molecule has 0 unspecified atom stereocenters. The Labute approximate surface area is 142 Å². The van der Waals surface area contributed by atoms with E-state index in [1.807, 2.05) is 18.4 Å². The number of rotatable bonds is 4. The van der Waals surface area contributed by atoms with E-state index in [1.165, 1.54) is 11.8 Å². The molecular weight excluding hydrogens is 429 g/mol. The first-order valence-corrected chi connectivity index (χ1v) is 8.61. The maximum Gasteiger partial charge on any atom is 0.190 e. The van der Waals surface area contributed by atoms with Gasteiger partial charge >= 0.3 is 0 Å². The Balaban J connectivity index is 2.36. The van der Waals surface area contributed by atoms with Crippen LogP contribution in [0, 0.1) is 0 Å². The van der Waals surface area contributed by atoms with Crippen molar-refractivity contribution in [2.45, 2.75) is 5.16 Å². The van der Waals surface area contributed by atoms with Crippen molar-refractivity contribution < 1.29 is 4.74 Å². The average Bonchev–Trinajstić information content (AvgIpc) is 2.41. The molecule has 106 valence electrons. The lowest BCUT2D eigenvalue weighted by Gasteiger charge is -2.12. The lowest BCUT2D eigenvalue weighted by molar-refractivity contribution is 0.412. The first-order chi connectivity index (χ1) is 9.53. The van der Waals surface area contributed by atoms with Gasteiger partial charge in [0.2, 0.25) is 0 Å². The number of methoxy groups -OCH3 is 1. The first-order valence-electron chi connectivity index (χ1n) is 5.42. The van der Waals surface area contributed by atoms with E-state index in [4.69, 9.17) is 16.3 Å². The molecule has 4 nitrogen and oxygen atoms in total. The number of nitrogens with one attached hydrogen (secondary N) is 1. The average molecular weight is 440 g/mol. The summed E-state index contributed by atoms with van der Waals surface area (Å²) < 4.78 is 7.02. The Morgan fingerprint density at radius 1 is 1.20 bits per heavy atom. The van der Waals surface area contributed by atoms with E-state index >= 15 is 0 Å². The molecule has 0 saturated carbocycles. The fourth-order valence-electron chi connectivity index (χ4n) is 1.47. The van der Waals surface area contributed by atoms with Gasteiger partial charge in [-0.05, 0) is 44.2 Å². The normalized spacial score (nSPS) is 10.4. The van der Waals surface area contributed by atoms with Gasteiger partial charge in [0.15, 0.2) is 5.16 Å². The maximum atomic E-state index is 5.97. The van der Waals surface area contributed by atoms with Crippen LogP contribution >= 0.6 is 55.2 Å². The molecule has 0 fully saturated rings. The molecule has 0 aliphatic rings. The molecule has 0 radical (unpaired) electrons. The predicted octanol–water partition coefficient (Wildman–Crippen LogP) is 5.13. The Hall–Kier alpha value is -0.500. The third-order valence-electron chi connectivity index (χ3n) is 2.36. The molecule has 1 aromatic carbocycles. The highest BCUT2D eigenvalue weighted by Crippen LogP contribution is 2.36. The number of nitrogens with zero attached hydrogens (tertiary/aromatic N) is 2. The van der Waals surface area contributed by atoms with Crippen LogP contribution in [0.5, 0.6) is 5.75 Å². The number of ether oxygens (including phenoxy) is 1. The van der Waals surface area contributed by atoms with E-state index in [0.29, 0.717) is 16.1 Å². The zero-order valence-corrected chi connectivity index (χ0v) is 15.3. The summed E-state index contributed by atoms with van der Waals surface area (Å²) >= 11 is 14.3. The highest BCUT2D eigenvalue weighted by molar-refractivity contribution is 9.11. The molecular formula is C12H10Br2ClN3OS. The summed E-state index contributed by atoms with van der Waals surface area (Å²) in [5.41, 5.74) is 0.826. The van der Waals surface area contributed by atoms with E-state index in [0.717, 1.165) is 20.4 Å². The van der Waals surface area contributed by atoms with Gasteiger partial charge in [-0.1, -0.05) is 23.4 Å². The number of benzene rings is 1. The lowest BCUT2D eigenvalue weighted by atomic mass is 10.3. The van der Waals surface area contributed by atoms with Gasteiger partial charge in [0.1, 0.15) is 16.7 Å². The topological polar surface area (TPSA) is 47.0 Å². The van der Waals surface area contributed by atoms with Crippen molar-refractivity contribution in [2.24, 2.45) is 0 Å².